The van der Waals surface area contributed by atoms with Crippen molar-refractivity contribution in [3.63, 3.8) is 0 Å². The van der Waals surface area contributed by atoms with Gasteiger partial charge in [0.1, 0.15) is 5.82 Å². The molecule has 0 saturated carbocycles. The molecule has 2 N–H and O–H groups in total. The Hall–Kier alpha value is -0.850. The minimum Gasteiger partial charge on any atom is -0.323 e. The maximum absolute atomic E-state index is 13.4. The first-order chi connectivity index (χ1) is 6.66. The van der Waals surface area contributed by atoms with Crippen LogP contribution in [0.4, 0.5) is 4.39 Å². The smallest absolute Gasteiger partial charge is 0.129 e. The third-order valence-corrected chi connectivity index (χ3v) is 2.56. The molecular formula is C11H11BrFN. The van der Waals surface area contributed by atoms with Gasteiger partial charge in [0.2, 0.25) is 0 Å². The van der Waals surface area contributed by atoms with Gasteiger partial charge in [-0.15, -0.1) is 11.8 Å². The van der Waals surface area contributed by atoms with Crippen molar-refractivity contribution in [3.05, 3.63) is 34.1 Å². The van der Waals surface area contributed by atoms with Crippen LogP contribution < -0.4 is 5.73 Å². The van der Waals surface area contributed by atoms with Crippen LogP contribution in [-0.2, 0) is 0 Å². The highest BCUT2D eigenvalue weighted by Gasteiger charge is 2.13. The van der Waals surface area contributed by atoms with E-state index in [9.17, 15) is 4.39 Å². The summed E-state index contributed by atoms with van der Waals surface area (Å²) >= 11 is 3.27. The minimum absolute atomic E-state index is 0.287. The monoisotopic (exact) mass is 255 g/mol. The van der Waals surface area contributed by atoms with Crippen LogP contribution in [0, 0.1) is 17.7 Å². The Labute approximate surface area is 91.6 Å². The van der Waals surface area contributed by atoms with Gasteiger partial charge in [0.15, 0.2) is 0 Å². The summed E-state index contributed by atoms with van der Waals surface area (Å²) in [6, 6.07) is 4.44. The minimum atomic E-state index is -0.377. The summed E-state index contributed by atoms with van der Waals surface area (Å²) in [6.45, 7) is 1.74. The van der Waals surface area contributed by atoms with E-state index in [1.807, 2.05) is 0 Å². The average Bonchev–Trinajstić information content (AvgIpc) is 2.14. The lowest BCUT2D eigenvalue weighted by Gasteiger charge is -2.11. The highest BCUT2D eigenvalue weighted by Crippen LogP contribution is 2.26. The van der Waals surface area contributed by atoms with Crippen LogP contribution in [0.15, 0.2) is 22.7 Å². The Morgan fingerprint density at radius 3 is 2.86 bits per heavy atom. The van der Waals surface area contributed by atoms with Gasteiger partial charge in [-0.2, -0.15) is 0 Å². The van der Waals surface area contributed by atoms with Gasteiger partial charge in [-0.05, 0) is 19.1 Å². The van der Waals surface area contributed by atoms with E-state index in [2.05, 4.69) is 27.8 Å². The lowest BCUT2D eigenvalue weighted by molar-refractivity contribution is 0.583. The fourth-order valence-electron chi connectivity index (χ4n) is 1.18. The van der Waals surface area contributed by atoms with Gasteiger partial charge in [-0.1, -0.05) is 22.0 Å². The Bertz CT molecular complexity index is 358. The summed E-state index contributed by atoms with van der Waals surface area (Å²) in [7, 11) is 0. The molecule has 1 nitrogen and oxygen atoms in total. The predicted octanol–water partition coefficient (Wildman–Crippen LogP) is 3.00. The van der Waals surface area contributed by atoms with Crippen molar-refractivity contribution in [2.75, 3.05) is 0 Å². The molecule has 0 aliphatic heterocycles. The number of nitrogens with two attached hydrogens (primary N) is 1. The van der Waals surface area contributed by atoms with Gasteiger partial charge in [0.25, 0.3) is 0 Å². The van der Waals surface area contributed by atoms with E-state index in [1.165, 1.54) is 6.07 Å². The van der Waals surface area contributed by atoms with Crippen LogP contribution in [0.1, 0.15) is 24.9 Å². The molecule has 1 unspecified atom stereocenters. The molecule has 0 saturated heterocycles. The molecule has 1 aromatic carbocycles. The van der Waals surface area contributed by atoms with Gasteiger partial charge < -0.3 is 5.73 Å². The molecular weight excluding hydrogens is 245 g/mol. The fourth-order valence-corrected chi connectivity index (χ4v) is 1.82. The zero-order valence-electron chi connectivity index (χ0n) is 7.85. The van der Waals surface area contributed by atoms with E-state index >= 15 is 0 Å². The first kappa shape index (κ1) is 11.2. The van der Waals surface area contributed by atoms with Crippen molar-refractivity contribution in [3.8, 4) is 11.8 Å². The molecule has 0 spiro atoms. The van der Waals surface area contributed by atoms with E-state index < -0.39 is 0 Å². The molecule has 0 aliphatic carbocycles. The number of halogens is 2. The van der Waals surface area contributed by atoms with Crippen molar-refractivity contribution in [2.45, 2.75) is 19.4 Å². The average molecular weight is 256 g/mol. The second kappa shape index (κ2) is 5.14. The molecule has 0 radical (unpaired) electrons. The Kier molecular flexibility index (Phi) is 4.12. The Morgan fingerprint density at radius 1 is 1.57 bits per heavy atom. The highest BCUT2D eigenvalue weighted by molar-refractivity contribution is 9.10. The quantitative estimate of drug-likeness (QED) is 0.809. The number of benzene rings is 1. The van der Waals surface area contributed by atoms with Crippen LogP contribution in [0.5, 0.6) is 0 Å². The fraction of sp³-hybridized carbons (Fsp3) is 0.273. The maximum Gasteiger partial charge on any atom is 0.129 e. The van der Waals surface area contributed by atoms with Crippen molar-refractivity contribution >= 4 is 15.9 Å². The summed E-state index contributed by atoms with van der Waals surface area (Å²) < 4.78 is 14.1. The van der Waals surface area contributed by atoms with Crippen LogP contribution in [0.25, 0.3) is 0 Å². The number of hydrogen-bond donors (Lipinski definition) is 1. The first-order valence-electron chi connectivity index (χ1n) is 4.26. The van der Waals surface area contributed by atoms with Crippen LogP contribution in [-0.4, -0.2) is 0 Å². The van der Waals surface area contributed by atoms with Crippen LogP contribution in [0.3, 0.4) is 0 Å². The summed E-state index contributed by atoms with van der Waals surface area (Å²) in [6.07, 6.45) is 0.468. The van der Waals surface area contributed by atoms with Gasteiger partial charge in [0.05, 0.1) is 0 Å². The zero-order chi connectivity index (χ0) is 10.6. The summed E-state index contributed by atoms with van der Waals surface area (Å²) in [4.78, 5) is 0. The molecule has 14 heavy (non-hydrogen) atoms. The second-order valence-electron chi connectivity index (χ2n) is 2.87. The van der Waals surface area contributed by atoms with E-state index in [4.69, 9.17) is 5.73 Å². The lowest BCUT2D eigenvalue weighted by atomic mass is 10.0. The molecule has 0 heterocycles. The van der Waals surface area contributed by atoms with E-state index in [0.717, 1.165) is 0 Å². The van der Waals surface area contributed by atoms with E-state index in [0.29, 0.717) is 16.5 Å². The molecule has 74 valence electrons. The molecule has 0 amide bonds. The normalized spacial score (nSPS) is 11.7. The van der Waals surface area contributed by atoms with Crippen molar-refractivity contribution in [2.24, 2.45) is 5.73 Å². The second-order valence-corrected chi connectivity index (χ2v) is 3.73. The predicted molar refractivity (Wildman–Crippen MR) is 59.1 cm³/mol. The molecule has 3 heteroatoms. The summed E-state index contributed by atoms with van der Waals surface area (Å²) in [5.74, 6) is 5.29. The maximum atomic E-state index is 13.4. The van der Waals surface area contributed by atoms with Gasteiger partial charge >= 0.3 is 0 Å². The zero-order valence-corrected chi connectivity index (χ0v) is 9.44. The summed E-state index contributed by atoms with van der Waals surface area (Å²) in [5, 5.41) is 0. The topological polar surface area (TPSA) is 26.0 Å². The Morgan fingerprint density at radius 2 is 2.29 bits per heavy atom. The van der Waals surface area contributed by atoms with Crippen LogP contribution >= 0.6 is 15.9 Å². The molecule has 0 aliphatic rings. The summed E-state index contributed by atoms with van der Waals surface area (Å²) in [5.41, 5.74) is 6.31. The van der Waals surface area contributed by atoms with Gasteiger partial charge in [0, 0.05) is 22.5 Å². The Balaban J connectivity index is 2.97. The standard InChI is InChI=1S/C11H11BrFN/c1-2-3-7-10(14)11-8(12)5-4-6-9(11)13/h4-6,10H,7,14H2,1H3. The largest absolute Gasteiger partial charge is 0.323 e. The van der Waals surface area contributed by atoms with Gasteiger partial charge in [-0.3, -0.25) is 0 Å². The lowest BCUT2D eigenvalue weighted by Crippen LogP contribution is -2.12. The van der Waals surface area contributed by atoms with E-state index in [-0.39, 0.29) is 11.9 Å². The molecule has 1 atom stereocenters. The van der Waals surface area contributed by atoms with Crippen molar-refractivity contribution in [1.29, 1.82) is 0 Å². The molecule has 0 bridgehead atoms. The van der Waals surface area contributed by atoms with E-state index in [1.54, 1.807) is 19.1 Å². The molecule has 0 aromatic heterocycles. The van der Waals surface area contributed by atoms with Crippen LogP contribution in [0.2, 0.25) is 0 Å². The number of rotatable bonds is 2. The third kappa shape index (κ3) is 2.57. The van der Waals surface area contributed by atoms with Crippen molar-refractivity contribution in [1.82, 2.24) is 0 Å². The first-order valence-corrected chi connectivity index (χ1v) is 5.05. The van der Waals surface area contributed by atoms with Gasteiger partial charge in [-0.25, -0.2) is 4.39 Å². The number of hydrogen-bond acceptors (Lipinski definition) is 1. The van der Waals surface area contributed by atoms with Crippen molar-refractivity contribution < 1.29 is 4.39 Å². The molecule has 1 aromatic rings. The highest BCUT2D eigenvalue weighted by atomic mass is 79.9. The molecule has 1 rings (SSSR count). The SMILES string of the molecule is CC#CCC(N)c1c(F)cccc1Br. The third-order valence-electron chi connectivity index (χ3n) is 1.87. The molecule has 0 fully saturated rings.